The van der Waals surface area contributed by atoms with Crippen LogP contribution in [-0.4, -0.2) is 28.2 Å². The van der Waals surface area contributed by atoms with Crippen molar-refractivity contribution in [2.75, 3.05) is 5.75 Å². The molecule has 0 aromatic heterocycles. The predicted molar refractivity (Wildman–Crippen MR) is 82.6 cm³/mol. The number of carboxylic acid groups (broad SMARTS) is 1. The molecule has 0 aromatic rings. The largest absolute Gasteiger partial charge is 0.480 e. The Labute approximate surface area is 121 Å². The van der Waals surface area contributed by atoms with Crippen molar-refractivity contribution >= 4 is 17.7 Å². The van der Waals surface area contributed by atoms with Crippen LogP contribution < -0.4 is 5.32 Å². The molecule has 1 rings (SSSR count). The lowest BCUT2D eigenvalue weighted by molar-refractivity contribution is -0.138. The third-order valence-electron chi connectivity index (χ3n) is 3.89. The summed E-state index contributed by atoms with van der Waals surface area (Å²) in [6.07, 6.45) is 10.6. The van der Waals surface area contributed by atoms with Crippen LogP contribution in [0.5, 0.6) is 0 Å². The van der Waals surface area contributed by atoms with Crippen molar-refractivity contribution in [2.24, 2.45) is 5.92 Å². The maximum absolute atomic E-state index is 10.9. The van der Waals surface area contributed by atoms with Gasteiger partial charge in [0.05, 0.1) is 5.37 Å². The third kappa shape index (κ3) is 6.66. The molecule has 3 nitrogen and oxygen atoms in total. The van der Waals surface area contributed by atoms with E-state index in [-0.39, 0.29) is 6.04 Å². The Hall–Kier alpha value is -0.220. The number of unbranched alkanes of at least 4 members (excludes halogenated alkanes) is 6. The second-order valence-electron chi connectivity index (χ2n) is 5.70. The molecular formula is C15H29NO2S. The second kappa shape index (κ2) is 9.65. The third-order valence-corrected chi connectivity index (χ3v) is 5.37. The smallest absolute Gasteiger partial charge is 0.321 e. The van der Waals surface area contributed by atoms with E-state index in [0.29, 0.717) is 17.0 Å². The van der Waals surface area contributed by atoms with Crippen molar-refractivity contribution in [2.45, 2.75) is 76.6 Å². The Bertz CT molecular complexity index is 261. The van der Waals surface area contributed by atoms with Crippen LogP contribution in [0.15, 0.2) is 0 Å². The van der Waals surface area contributed by atoms with Crippen molar-refractivity contribution in [3.8, 4) is 0 Å². The molecule has 0 amide bonds. The SMILES string of the molecule is CCCCCCCCCC(C)C1NC(C(=O)O)CS1. The van der Waals surface area contributed by atoms with Crippen LogP contribution in [0.4, 0.5) is 0 Å². The van der Waals surface area contributed by atoms with Gasteiger partial charge in [-0.05, 0) is 12.3 Å². The fourth-order valence-corrected chi connectivity index (χ4v) is 3.90. The fraction of sp³-hybridized carbons (Fsp3) is 0.933. The highest BCUT2D eigenvalue weighted by atomic mass is 32.2. The molecule has 0 aromatic carbocycles. The minimum atomic E-state index is -0.710. The van der Waals surface area contributed by atoms with Gasteiger partial charge in [0.1, 0.15) is 6.04 Å². The Morgan fingerprint density at radius 3 is 2.47 bits per heavy atom. The molecule has 1 saturated heterocycles. The molecule has 3 atom stereocenters. The molecule has 3 unspecified atom stereocenters. The van der Waals surface area contributed by atoms with Gasteiger partial charge in [0.15, 0.2) is 0 Å². The minimum Gasteiger partial charge on any atom is -0.480 e. The van der Waals surface area contributed by atoms with Gasteiger partial charge in [0.2, 0.25) is 0 Å². The summed E-state index contributed by atoms with van der Waals surface area (Å²) in [5.41, 5.74) is 0. The number of hydrogen-bond donors (Lipinski definition) is 2. The zero-order chi connectivity index (χ0) is 14.1. The lowest BCUT2D eigenvalue weighted by Crippen LogP contribution is -2.38. The Kier molecular flexibility index (Phi) is 8.55. The molecule has 4 heteroatoms. The van der Waals surface area contributed by atoms with Gasteiger partial charge in [-0.3, -0.25) is 10.1 Å². The van der Waals surface area contributed by atoms with Crippen molar-refractivity contribution < 1.29 is 9.90 Å². The zero-order valence-corrected chi connectivity index (χ0v) is 13.2. The van der Waals surface area contributed by atoms with Crippen LogP contribution in [-0.2, 0) is 4.79 Å². The first-order valence-electron chi connectivity index (χ1n) is 7.75. The van der Waals surface area contributed by atoms with E-state index >= 15 is 0 Å². The van der Waals surface area contributed by atoms with Crippen LogP contribution in [0.3, 0.4) is 0 Å². The van der Waals surface area contributed by atoms with Crippen LogP contribution >= 0.6 is 11.8 Å². The topological polar surface area (TPSA) is 49.3 Å². The summed E-state index contributed by atoms with van der Waals surface area (Å²) in [4.78, 5) is 10.9. The number of hydrogen-bond acceptors (Lipinski definition) is 3. The fourth-order valence-electron chi connectivity index (χ4n) is 2.54. The Morgan fingerprint density at radius 1 is 1.26 bits per heavy atom. The van der Waals surface area contributed by atoms with E-state index in [9.17, 15) is 4.79 Å². The summed E-state index contributed by atoms with van der Waals surface area (Å²) < 4.78 is 0. The van der Waals surface area contributed by atoms with Crippen LogP contribution in [0.1, 0.15) is 65.2 Å². The van der Waals surface area contributed by atoms with Gasteiger partial charge in [-0.2, -0.15) is 0 Å². The summed E-state index contributed by atoms with van der Waals surface area (Å²) in [7, 11) is 0. The average molecular weight is 287 g/mol. The van der Waals surface area contributed by atoms with Gasteiger partial charge in [-0.15, -0.1) is 11.8 Å². The van der Waals surface area contributed by atoms with Crippen molar-refractivity contribution in [1.29, 1.82) is 0 Å². The zero-order valence-electron chi connectivity index (χ0n) is 12.4. The molecule has 0 spiro atoms. The summed E-state index contributed by atoms with van der Waals surface area (Å²) in [6.45, 7) is 4.49. The summed E-state index contributed by atoms with van der Waals surface area (Å²) >= 11 is 1.77. The quantitative estimate of drug-likeness (QED) is 0.599. The standard InChI is InChI=1S/C15H29NO2S/c1-3-4-5-6-7-8-9-10-12(2)14-16-13(11-19-14)15(17)18/h12-14,16H,3-11H2,1-2H3,(H,17,18). The lowest BCUT2D eigenvalue weighted by atomic mass is 10.0. The van der Waals surface area contributed by atoms with E-state index in [1.54, 1.807) is 11.8 Å². The molecule has 1 heterocycles. The molecule has 1 fully saturated rings. The number of thioether (sulfide) groups is 1. The number of nitrogens with one attached hydrogen (secondary N) is 1. The van der Waals surface area contributed by atoms with Crippen LogP contribution in [0.2, 0.25) is 0 Å². The average Bonchev–Trinajstić information content (AvgIpc) is 2.87. The van der Waals surface area contributed by atoms with Crippen molar-refractivity contribution in [3.63, 3.8) is 0 Å². The Morgan fingerprint density at radius 2 is 1.89 bits per heavy atom. The van der Waals surface area contributed by atoms with E-state index in [1.165, 1.54) is 51.4 Å². The maximum Gasteiger partial charge on any atom is 0.321 e. The monoisotopic (exact) mass is 287 g/mol. The van der Waals surface area contributed by atoms with E-state index in [1.807, 2.05) is 0 Å². The van der Waals surface area contributed by atoms with Gasteiger partial charge >= 0.3 is 5.97 Å². The van der Waals surface area contributed by atoms with Crippen LogP contribution in [0, 0.1) is 5.92 Å². The highest BCUT2D eigenvalue weighted by Gasteiger charge is 2.32. The summed E-state index contributed by atoms with van der Waals surface area (Å²) in [5.74, 6) is 0.574. The van der Waals surface area contributed by atoms with Gasteiger partial charge in [0, 0.05) is 5.75 Å². The Balaban J connectivity index is 2.02. The van der Waals surface area contributed by atoms with E-state index < -0.39 is 5.97 Å². The first-order valence-corrected chi connectivity index (χ1v) is 8.80. The van der Waals surface area contributed by atoms with Crippen molar-refractivity contribution in [3.05, 3.63) is 0 Å². The molecule has 1 aliphatic heterocycles. The van der Waals surface area contributed by atoms with Crippen LogP contribution in [0.25, 0.3) is 0 Å². The molecule has 0 saturated carbocycles. The van der Waals surface area contributed by atoms with E-state index in [4.69, 9.17) is 5.11 Å². The first kappa shape index (κ1) is 16.8. The number of carboxylic acids is 1. The molecular weight excluding hydrogens is 258 g/mol. The lowest BCUT2D eigenvalue weighted by Gasteiger charge is -2.19. The molecule has 19 heavy (non-hydrogen) atoms. The number of aliphatic carboxylic acids is 1. The maximum atomic E-state index is 10.9. The van der Waals surface area contributed by atoms with Gasteiger partial charge < -0.3 is 5.11 Å². The predicted octanol–water partition coefficient (Wildman–Crippen LogP) is 3.88. The molecule has 0 aliphatic carbocycles. The molecule has 112 valence electrons. The van der Waals surface area contributed by atoms with Gasteiger partial charge in [-0.1, -0.05) is 58.8 Å². The minimum absolute atomic E-state index is 0.334. The van der Waals surface area contributed by atoms with E-state index in [0.717, 1.165) is 0 Å². The molecule has 1 aliphatic rings. The number of rotatable bonds is 10. The highest BCUT2D eigenvalue weighted by Crippen LogP contribution is 2.28. The second-order valence-corrected chi connectivity index (χ2v) is 6.87. The first-order chi connectivity index (χ1) is 9.15. The van der Waals surface area contributed by atoms with E-state index in [2.05, 4.69) is 19.2 Å². The number of carbonyl (C=O) groups is 1. The van der Waals surface area contributed by atoms with Gasteiger partial charge in [0.25, 0.3) is 0 Å². The molecule has 2 N–H and O–H groups in total. The molecule has 0 radical (unpaired) electrons. The van der Waals surface area contributed by atoms with Crippen molar-refractivity contribution in [1.82, 2.24) is 5.32 Å². The normalized spacial score (nSPS) is 24.5. The summed E-state index contributed by atoms with van der Waals surface area (Å²) in [6, 6.07) is -0.341. The highest BCUT2D eigenvalue weighted by molar-refractivity contribution is 8.00. The molecule has 0 bridgehead atoms. The van der Waals surface area contributed by atoms with Gasteiger partial charge in [-0.25, -0.2) is 0 Å². The summed E-state index contributed by atoms with van der Waals surface area (Å²) in [5, 5.41) is 12.5.